The number of aromatic nitrogens is 8. The van der Waals surface area contributed by atoms with Gasteiger partial charge in [0.25, 0.3) is 11.8 Å². The van der Waals surface area contributed by atoms with Crippen LogP contribution < -0.4 is 20.4 Å². The van der Waals surface area contributed by atoms with Crippen LogP contribution in [-0.2, 0) is 43.3 Å². The summed E-state index contributed by atoms with van der Waals surface area (Å²) in [7, 11) is 0. The number of nitrogens with one attached hydrogen (secondary N) is 2. The number of aliphatic hydroxyl groups is 1. The predicted octanol–water partition coefficient (Wildman–Crippen LogP) is 20.9. The molecule has 14 aromatic carbocycles. The Hall–Kier alpha value is -14.8. The molecule has 16 rings (SSSR count). The molecule has 2 amide bonds. The number of amides is 2. The third-order valence-corrected chi connectivity index (χ3v) is 21.3. The van der Waals surface area contributed by atoms with E-state index in [0.717, 1.165) is 102 Å². The zero-order chi connectivity index (χ0) is 83.5. The molecule has 16 aromatic rings. The highest BCUT2D eigenvalue weighted by Crippen LogP contribution is 2.45. The summed E-state index contributed by atoms with van der Waals surface area (Å²) < 4.78 is 5.66. The molecular formula is C104H94N12O5. The summed E-state index contributed by atoms with van der Waals surface area (Å²) in [6, 6.07) is 128. The van der Waals surface area contributed by atoms with Crippen LogP contribution in [0.1, 0.15) is 102 Å². The van der Waals surface area contributed by atoms with Gasteiger partial charge in [0.15, 0.2) is 17.2 Å². The van der Waals surface area contributed by atoms with Gasteiger partial charge in [0, 0.05) is 49.8 Å². The van der Waals surface area contributed by atoms with Gasteiger partial charge in [0.05, 0.1) is 22.7 Å². The predicted molar refractivity (Wildman–Crippen MR) is 481 cm³/mol. The molecule has 3 N–H and O–H groups in total. The average molecular weight is 1590 g/mol. The Morgan fingerprint density at radius 1 is 0.364 bits per heavy atom. The lowest BCUT2D eigenvalue weighted by Gasteiger charge is -2.34. The largest absolute Gasteiger partial charge is 0.447 e. The summed E-state index contributed by atoms with van der Waals surface area (Å²) in [4.78, 5) is 48.6. The minimum Gasteiger partial charge on any atom is -0.447 e. The molecule has 0 radical (unpaired) electrons. The van der Waals surface area contributed by atoms with Crippen molar-refractivity contribution < 1.29 is 24.2 Å². The molecular weight excluding hydrogens is 1500 g/mol. The number of hydrogen-bond acceptors (Lipinski definition) is 13. The smallest absolute Gasteiger partial charge is 0.303 e. The van der Waals surface area contributed by atoms with E-state index in [4.69, 9.17) is 35.6 Å². The molecule has 17 heteroatoms. The monoisotopic (exact) mass is 1590 g/mol. The van der Waals surface area contributed by atoms with Gasteiger partial charge in [-0.3, -0.25) is 14.4 Å². The van der Waals surface area contributed by atoms with Crippen molar-refractivity contribution in [1.82, 2.24) is 40.4 Å². The lowest BCUT2D eigenvalue weighted by Crippen LogP contribution is -2.39. The van der Waals surface area contributed by atoms with Crippen molar-refractivity contribution in [1.29, 1.82) is 0 Å². The molecule has 2 heterocycles. The van der Waals surface area contributed by atoms with E-state index in [0.29, 0.717) is 59.1 Å². The minimum absolute atomic E-state index is 0.309. The van der Waals surface area contributed by atoms with E-state index >= 15 is 0 Å². The van der Waals surface area contributed by atoms with Crippen molar-refractivity contribution in [3.8, 4) is 45.0 Å². The van der Waals surface area contributed by atoms with E-state index in [9.17, 15) is 19.5 Å². The Bertz CT molecular complexity index is 5880. The lowest BCUT2D eigenvalue weighted by molar-refractivity contribution is -0.152. The first-order valence-corrected chi connectivity index (χ1v) is 40.8. The molecule has 17 nitrogen and oxygen atoms in total. The first-order chi connectivity index (χ1) is 59.2. The van der Waals surface area contributed by atoms with Gasteiger partial charge in [0.1, 0.15) is 0 Å². The SMILES string of the molecule is CC(=O)O[C@@H](C(=O)Nc1cc(-c2ccccc2-c2nnn(C(c3ccccc3)(c3ccccc3)c3ccccc3)n2)ccc1N(Cc1ccccc1)CC(C)C)c1ccccc1.CC(C)CN(Cc1ccccc1)c1ccc(-c2ccccc2-c2nnn(C(c3ccccc3)(c3ccccc3)c3ccccc3)n2)cc1NC(=O)[C@H](O)c1ccccc1. The topological polar surface area (TPSA) is 198 Å². The number of carbonyl (C=O) groups is 3. The summed E-state index contributed by atoms with van der Waals surface area (Å²) >= 11 is 0. The minimum atomic E-state index is -1.36. The first kappa shape index (κ1) is 81.3. The molecule has 2 aromatic heterocycles. The fraction of sp³-hybridized carbons (Fsp3) is 0.144. The number of esters is 1. The number of ether oxygens (including phenoxy) is 1. The van der Waals surface area contributed by atoms with Crippen molar-refractivity contribution in [2.75, 3.05) is 33.5 Å². The van der Waals surface area contributed by atoms with E-state index in [-0.39, 0.29) is 0 Å². The standard InChI is InChI=1S/C53H48N6O3.C51H46N6O2/c1-38(2)36-58(37-40-21-9-4-10-22-40)49-34-33-42(35-48(49)54-52(61)50(62-39(3)60)41-23-11-5-12-24-41)46-31-19-20-32-47(46)51-55-57-59(56-51)53(43-25-13-6-14-26-43,44-27-15-7-16-28-44)45-29-17-8-18-30-45;1-37(2)35-56(36-38-20-8-3-9-21-38)47-33-32-40(34-46(47)52-50(59)48(58)39-22-10-4-11-23-39)44-30-18-19-31-45(44)49-53-55-57(54-49)51(41-24-12-5-13-25-41,42-26-14-6-15-27-42)43-28-16-7-17-29-43/h4-35,38,50H,36-37H2,1-3H3,(H,54,61);3-34,37,48,58H,35-36H2,1-2H3,(H,52,59)/t50-;48-/m11/s1. The van der Waals surface area contributed by atoms with Crippen LogP contribution in [0.25, 0.3) is 45.0 Å². The fourth-order valence-electron chi connectivity index (χ4n) is 16.0. The Morgan fingerprint density at radius 3 is 0.975 bits per heavy atom. The molecule has 0 aliphatic carbocycles. The summed E-state index contributed by atoms with van der Waals surface area (Å²) in [6.45, 7) is 12.7. The highest BCUT2D eigenvalue weighted by Gasteiger charge is 2.43. The van der Waals surface area contributed by atoms with Crippen LogP contribution in [0.15, 0.2) is 388 Å². The Morgan fingerprint density at radius 2 is 0.653 bits per heavy atom. The molecule has 0 unspecified atom stereocenters. The van der Waals surface area contributed by atoms with Crippen LogP contribution in [0.5, 0.6) is 0 Å². The molecule has 0 fully saturated rings. The van der Waals surface area contributed by atoms with Crippen molar-refractivity contribution in [2.24, 2.45) is 11.8 Å². The summed E-state index contributed by atoms with van der Waals surface area (Å²) in [5, 5.41) is 47.1. The van der Waals surface area contributed by atoms with Gasteiger partial charge >= 0.3 is 5.97 Å². The van der Waals surface area contributed by atoms with E-state index in [1.54, 1.807) is 33.9 Å². The van der Waals surface area contributed by atoms with Gasteiger partial charge in [-0.15, -0.1) is 30.0 Å². The molecule has 0 aliphatic heterocycles. The third-order valence-electron chi connectivity index (χ3n) is 21.3. The number of benzene rings is 14. The maximum Gasteiger partial charge on any atom is 0.303 e. The zero-order valence-corrected chi connectivity index (χ0v) is 68.1. The first-order valence-electron chi connectivity index (χ1n) is 40.8. The maximum atomic E-state index is 14.3. The van der Waals surface area contributed by atoms with E-state index in [2.05, 4.69) is 163 Å². The normalized spacial score (nSPS) is 11.9. The summed E-state index contributed by atoms with van der Waals surface area (Å²) in [5.74, 6) is -0.00908. The molecule has 0 saturated carbocycles. The van der Waals surface area contributed by atoms with Crippen LogP contribution in [0.4, 0.5) is 22.7 Å². The number of tetrazole rings is 2. The molecule has 121 heavy (non-hydrogen) atoms. The van der Waals surface area contributed by atoms with Crippen LogP contribution in [0.2, 0.25) is 0 Å². The van der Waals surface area contributed by atoms with E-state index < -0.39 is 41.1 Å². The van der Waals surface area contributed by atoms with Crippen molar-refractivity contribution in [3.63, 3.8) is 0 Å². The van der Waals surface area contributed by atoms with Gasteiger partial charge < -0.3 is 30.3 Å². The van der Waals surface area contributed by atoms with Gasteiger partial charge in [-0.1, -0.05) is 392 Å². The number of rotatable bonds is 29. The molecule has 0 saturated heterocycles. The van der Waals surface area contributed by atoms with E-state index in [1.807, 2.05) is 249 Å². The molecule has 0 spiro atoms. The highest BCUT2D eigenvalue weighted by molar-refractivity contribution is 6.01. The number of carbonyl (C=O) groups excluding carboxylic acids is 3. The second kappa shape index (κ2) is 38.1. The van der Waals surface area contributed by atoms with Crippen LogP contribution in [-0.4, -0.2) is 76.4 Å². The average Bonchev–Trinajstić information content (AvgIpc) is 1.71. The second-order valence-corrected chi connectivity index (χ2v) is 30.7. The van der Waals surface area contributed by atoms with Gasteiger partial charge in [0.2, 0.25) is 17.8 Å². The lowest BCUT2D eigenvalue weighted by atomic mass is 9.77. The zero-order valence-electron chi connectivity index (χ0n) is 68.1. The summed E-state index contributed by atoms with van der Waals surface area (Å²) in [5.41, 5.74) is 15.1. The number of aliphatic hydroxyl groups excluding tert-OH is 1. The van der Waals surface area contributed by atoms with Crippen molar-refractivity contribution >= 4 is 40.5 Å². The number of nitrogens with zero attached hydrogens (tertiary/aromatic N) is 10. The maximum absolute atomic E-state index is 14.3. The highest BCUT2D eigenvalue weighted by atomic mass is 16.5. The number of hydrogen-bond donors (Lipinski definition) is 3. The fourth-order valence-corrected chi connectivity index (χ4v) is 16.0. The van der Waals surface area contributed by atoms with E-state index in [1.165, 1.54) is 6.92 Å². The van der Waals surface area contributed by atoms with Crippen molar-refractivity contribution in [2.45, 2.75) is 71.0 Å². The van der Waals surface area contributed by atoms with Crippen LogP contribution in [0, 0.1) is 11.8 Å². The Kier molecular flexibility index (Phi) is 25.6. The van der Waals surface area contributed by atoms with Crippen LogP contribution >= 0.6 is 0 Å². The van der Waals surface area contributed by atoms with Crippen LogP contribution in [0.3, 0.4) is 0 Å². The molecule has 2 atom stereocenters. The quantitative estimate of drug-likeness (QED) is 0.0296. The summed E-state index contributed by atoms with van der Waals surface area (Å²) in [6.07, 6.45) is -2.52. The van der Waals surface area contributed by atoms with Gasteiger partial charge in [-0.2, -0.15) is 0 Å². The molecule has 0 aliphatic rings. The Balaban J connectivity index is 0.000000188. The Labute approximate surface area is 706 Å². The van der Waals surface area contributed by atoms with Crippen molar-refractivity contribution in [3.05, 3.63) is 444 Å². The molecule has 600 valence electrons. The second-order valence-electron chi connectivity index (χ2n) is 30.7. The molecule has 0 bridgehead atoms. The van der Waals surface area contributed by atoms with Gasteiger partial charge in [-0.25, -0.2) is 0 Å². The number of anilines is 4. The van der Waals surface area contributed by atoms with Gasteiger partial charge in [-0.05, 0) is 119 Å². The third kappa shape index (κ3) is 18.3.